The van der Waals surface area contributed by atoms with Crippen LogP contribution in [0.3, 0.4) is 0 Å². The zero-order valence-corrected chi connectivity index (χ0v) is 15.8. The van der Waals surface area contributed by atoms with Crippen molar-refractivity contribution in [3.8, 4) is 5.75 Å². The summed E-state index contributed by atoms with van der Waals surface area (Å²) in [7, 11) is 0. The molecule has 6 heteroatoms. The van der Waals surface area contributed by atoms with Crippen LogP contribution in [0, 0.1) is 5.92 Å². The van der Waals surface area contributed by atoms with Gasteiger partial charge in [-0.15, -0.1) is 0 Å². The molecule has 0 aromatic heterocycles. The Bertz CT molecular complexity index is 591. The molecule has 2 amide bonds. The molecule has 0 bridgehead atoms. The summed E-state index contributed by atoms with van der Waals surface area (Å²) < 4.78 is 11.1. The number of nitrogens with zero attached hydrogens (tertiary/aromatic N) is 1. The number of benzene rings is 1. The summed E-state index contributed by atoms with van der Waals surface area (Å²) in [5.74, 6) is 0.246. The molecule has 1 unspecified atom stereocenters. The molecule has 144 valence electrons. The van der Waals surface area contributed by atoms with Crippen LogP contribution in [0.25, 0.3) is 0 Å². The lowest BCUT2D eigenvalue weighted by atomic mass is 10.1. The fraction of sp³-hybridized carbons (Fsp3) is 0.600. The number of para-hydroxylation sites is 2. The van der Waals surface area contributed by atoms with Crippen LogP contribution in [0.4, 0.5) is 5.69 Å². The average molecular weight is 362 g/mol. The third-order valence-corrected chi connectivity index (χ3v) is 4.36. The molecule has 1 aliphatic heterocycles. The van der Waals surface area contributed by atoms with Gasteiger partial charge in [0.2, 0.25) is 11.8 Å². The standard InChI is InChI=1S/C20H30N2O4/c1-3-5-12-25-13-8-11-21-20(24)16-14-19(23)22(15-16)17-9-6-7-10-18(17)26-4-2/h6-7,9-10,16H,3-5,8,11-15H2,1-2H3,(H,21,24). The van der Waals surface area contributed by atoms with Crippen LogP contribution in [-0.4, -0.2) is 44.7 Å². The van der Waals surface area contributed by atoms with Crippen LogP contribution < -0.4 is 15.0 Å². The van der Waals surface area contributed by atoms with E-state index in [1.54, 1.807) is 4.90 Å². The van der Waals surface area contributed by atoms with Crippen LogP contribution in [0.15, 0.2) is 24.3 Å². The number of carbonyl (C=O) groups excluding carboxylic acids is 2. The van der Waals surface area contributed by atoms with Crippen molar-refractivity contribution in [1.29, 1.82) is 0 Å². The molecule has 26 heavy (non-hydrogen) atoms. The van der Waals surface area contributed by atoms with E-state index in [2.05, 4.69) is 12.2 Å². The summed E-state index contributed by atoms with van der Waals surface area (Å²) >= 11 is 0. The summed E-state index contributed by atoms with van der Waals surface area (Å²) in [6, 6.07) is 7.45. The van der Waals surface area contributed by atoms with Crippen LogP contribution in [0.5, 0.6) is 5.75 Å². The zero-order chi connectivity index (χ0) is 18.8. The van der Waals surface area contributed by atoms with Gasteiger partial charge in [-0.25, -0.2) is 0 Å². The Morgan fingerprint density at radius 1 is 1.23 bits per heavy atom. The summed E-state index contributed by atoms with van der Waals surface area (Å²) in [6.45, 7) is 6.96. The molecule has 6 nitrogen and oxygen atoms in total. The van der Waals surface area contributed by atoms with E-state index in [4.69, 9.17) is 9.47 Å². The lowest BCUT2D eigenvalue weighted by molar-refractivity contribution is -0.126. The minimum absolute atomic E-state index is 0.0415. The van der Waals surface area contributed by atoms with Gasteiger partial charge in [0, 0.05) is 32.7 Å². The minimum atomic E-state index is -0.321. The van der Waals surface area contributed by atoms with Gasteiger partial charge < -0.3 is 19.7 Å². The third-order valence-electron chi connectivity index (χ3n) is 4.36. The number of unbranched alkanes of at least 4 members (excludes halogenated alkanes) is 1. The summed E-state index contributed by atoms with van der Waals surface area (Å²) in [6.07, 6.45) is 3.21. The molecule has 0 radical (unpaired) electrons. The van der Waals surface area contributed by atoms with Crippen molar-refractivity contribution < 1.29 is 19.1 Å². The van der Waals surface area contributed by atoms with E-state index in [9.17, 15) is 9.59 Å². The fourth-order valence-electron chi connectivity index (χ4n) is 2.95. The normalized spacial score (nSPS) is 16.8. The van der Waals surface area contributed by atoms with E-state index in [-0.39, 0.29) is 24.2 Å². The van der Waals surface area contributed by atoms with Crippen molar-refractivity contribution >= 4 is 17.5 Å². The van der Waals surface area contributed by atoms with E-state index in [0.29, 0.717) is 32.1 Å². The molecule has 1 heterocycles. The molecular formula is C20H30N2O4. The second kappa shape index (κ2) is 10.8. The van der Waals surface area contributed by atoms with Crippen molar-refractivity contribution in [2.75, 3.05) is 37.8 Å². The topological polar surface area (TPSA) is 67.9 Å². The Kier molecular flexibility index (Phi) is 8.41. The maximum Gasteiger partial charge on any atom is 0.227 e. The van der Waals surface area contributed by atoms with E-state index < -0.39 is 0 Å². The lowest BCUT2D eigenvalue weighted by Crippen LogP contribution is -2.34. The maximum absolute atomic E-state index is 12.4. The lowest BCUT2D eigenvalue weighted by Gasteiger charge is -2.20. The Morgan fingerprint density at radius 3 is 2.77 bits per heavy atom. The van der Waals surface area contributed by atoms with Crippen molar-refractivity contribution in [2.45, 2.75) is 39.5 Å². The van der Waals surface area contributed by atoms with Gasteiger partial charge in [-0.2, -0.15) is 0 Å². The molecule has 2 rings (SSSR count). The Balaban J connectivity index is 1.81. The van der Waals surface area contributed by atoms with Crippen molar-refractivity contribution in [3.05, 3.63) is 24.3 Å². The molecule has 1 atom stereocenters. The molecule has 1 saturated heterocycles. The second-order valence-electron chi connectivity index (χ2n) is 6.42. The number of ether oxygens (including phenoxy) is 2. The van der Waals surface area contributed by atoms with Gasteiger partial charge in [-0.05, 0) is 31.9 Å². The first-order valence-electron chi connectivity index (χ1n) is 9.55. The number of hydrogen-bond donors (Lipinski definition) is 1. The quantitative estimate of drug-likeness (QED) is 0.615. The molecule has 0 aliphatic carbocycles. The highest BCUT2D eigenvalue weighted by atomic mass is 16.5. The molecule has 0 saturated carbocycles. The van der Waals surface area contributed by atoms with E-state index >= 15 is 0 Å². The zero-order valence-electron chi connectivity index (χ0n) is 15.8. The van der Waals surface area contributed by atoms with Gasteiger partial charge in [-0.1, -0.05) is 25.5 Å². The van der Waals surface area contributed by atoms with Crippen LogP contribution in [-0.2, 0) is 14.3 Å². The first-order valence-corrected chi connectivity index (χ1v) is 9.55. The number of amides is 2. The van der Waals surface area contributed by atoms with Crippen LogP contribution in [0.2, 0.25) is 0 Å². The van der Waals surface area contributed by atoms with Crippen LogP contribution in [0.1, 0.15) is 39.5 Å². The molecule has 1 aromatic carbocycles. The van der Waals surface area contributed by atoms with Crippen LogP contribution >= 0.6 is 0 Å². The van der Waals surface area contributed by atoms with Gasteiger partial charge in [-0.3, -0.25) is 9.59 Å². The van der Waals surface area contributed by atoms with Gasteiger partial charge >= 0.3 is 0 Å². The maximum atomic E-state index is 12.4. The van der Waals surface area contributed by atoms with Gasteiger partial charge in [0.15, 0.2) is 0 Å². The van der Waals surface area contributed by atoms with Crippen molar-refractivity contribution in [2.24, 2.45) is 5.92 Å². The highest BCUT2D eigenvalue weighted by Crippen LogP contribution is 2.33. The SMILES string of the molecule is CCCCOCCCNC(=O)C1CC(=O)N(c2ccccc2OCC)C1. The van der Waals surface area contributed by atoms with Gasteiger partial charge in [0.05, 0.1) is 18.2 Å². The fourth-order valence-corrected chi connectivity index (χ4v) is 2.95. The summed E-state index contributed by atoms with van der Waals surface area (Å²) in [5.41, 5.74) is 0.735. The number of rotatable bonds is 11. The first-order chi connectivity index (χ1) is 12.7. The molecular weight excluding hydrogens is 332 g/mol. The predicted molar refractivity (Wildman–Crippen MR) is 101 cm³/mol. The summed E-state index contributed by atoms with van der Waals surface area (Å²) in [4.78, 5) is 26.4. The second-order valence-corrected chi connectivity index (χ2v) is 6.42. The molecule has 1 aromatic rings. The highest BCUT2D eigenvalue weighted by Gasteiger charge is 2.36. The van der Waals surface area contributed by atoms with Crippen molar-refractivity contribution in [3.63, 3.8) is 0 Å². The molecule has 1 fully saturated rings. The van der Waals surface area contributed by atoms with Gasteiger partial charge in [0.1, 0.15) is 5.75 Å². The third kappa shape index (κ3) is 5.73. The first kappa shape index (κ1) is 20.2. The van der Waals surface area contributed by atoms with E-state index in [1.165, 1.54) is 0 Å². The summed E-state index contributed by atoms with van der Waals surface area (Å²) in [5, 5.41) is 2.92. The van der Waals surface area contributed by atoms with Crippen molar-refractivity contribution in [1.82, 2.24) is 5.32 Å². The number of anilines is 1. The molecule has 1 aliphatic rings. The van der Waals surface area contributed by atoms with E-state index in [0.717, 1.165) is 31.6 Å². The largest absolute Gasteiger partial charge is 0.492 e. The number of nitrogens with one attached hydrogen (secondary N) is 1. The molecule has 0 spiro atoms. The minimum Gasteiger partial charge on any atom is -0.492 e. The smallest absolute Gasteiger partial charge is 0.227 e. The Labute approximate surface area is 155 Å². The van der Waals surface area contributed by atoms with E-state index in [1.807, 2.05) is 31.2 Å². The average Bonchev–Trinajstić information content (AvgIpc) is 3.03. The predicted octanol–water partition coefficient (Wildman–Crippen LogP) is 2.76. The Hall–Kier alpha value is -2.08. The molecule has 1 N–H and O–H groups in total. The monoisotopic (exact) mass is 362 g/mol. The van der Waals surface area contributed by atoms with Gasteiger partial charge in [0.25, 0.3) is 0 Å². The highest BCUT2D eigenvalue weighted by molar-refractivity contribution is 6.01. The number of carbonyl (C=O) groups is 2. The number of hydrogen-bond acceptors (Lipinski definition) is 4. The Morgan fingerprint density at radius 2 is 2.00 bits per heavy atom.